The molecule has 3 heteroatoms. The van der Waals surface area contributed by atoms with Gasteiger partial charge in [0.05, 0.1) is 21.1 Å². The molecular weight excluding hydrogens is 265 g/mol. The molecule has 2 nitrogen and oxygen atoms in total. The highest BCUT2D eigenvalue weighted by molar-refractivity contribution is 5.93. The summed E-state index contributed by atoms with van der Waals surface area (Å²) < 4.78 is 0.666. The highest BCUT2D eigenvalue weighted by Gasteiger charge is 2.25. The quantitative estimate of drug-likeness (QED) is 0.415. The number of Topliss-reactive ketones (excluding diaryl/α,β-unsaturated/α-hetero) is 1. The molecule has 0 aromatic carbocycles. The van der Waals surface area contributed by atoms with Crippen LogP contribution in [0.4, 0.5) is 0 Å². The summed E-state index contributed by atoms with van der Waals surface area (Å²) in [6.07, 6.45) is 4.91. The third-order valence-electron chi connectivity index (χ3n) is 1.95. The Hall–Kier alpha value is 0.1000. The maximum atomic E-state index is 11.4. The standard InChI is InChI=1S/C9H16NO.HI/c1-10(2,3)8-6-4-5-7-9(8)11;/h6H,4-5,7H2,1-3H3;1H/q+1;/p-1. The fourth-order valence-corrected chi connectivity index (χ4v) is 1.39. The average Bonchev–Trinajstić information content (AvgIpc) is 1.86. The number of quaternary nitrogens is 1. The molecule has 0 N–H and O–H groups in total. The van der Waals surface area contributed by atoms with Crippen LogP contribution in [0.25, 0.3) is 0 Å². The Labute approximate surface area is 91.2 Å². The van der Waals surface area contributed by atoms with E-state index in [0.29, 0.717) is 10.3 Å². The van der Waals surface area contributed by atoms with Crippen molar-refractivity contribution in [1.29, 1.82) is 0 Å². The van der Waals surface area contributed by atoms with Crippen molar-refractivity contribution >= 4 is 5.78 Å². The zero-order chi connectivity index (χ0) is 8.48. The number of carbonyl (C=O) groups is 1. The molecule has 0 spiro atoms. The first kappa shape index (κ1) is 12.1. The molecule has 0 amide bonds. The monoisotopic (exact) mass is 281 g/mol. The second-order valence-electron chi connectivity index (χ2n) is 3.92. The predicted molar refractivity (Wildman–Crippen MR) is 45.0 cm³/mol. The molecule has 0 saturated heterocycles. The topological polar surface area (TPSA) is 17.1 Å². The van der Waals surface area contributed by atoms with Crippen molar-refractivity contribution in [2.75, 3.05) is 21.1 Å². The van der Waals surface area contributed by atoms with Gasteiger partial charge in [-0.05, 0) is 18.9 Å². The van der Waals surface area contributed by atoms with E-state index >= 15 is 0 Å². The van der Waals surface area contributed by atoms with Crippen LogP contribution in [0.3, 0.4) is 0 Å². The SMILES string of the molecule is C[N+](C)(C)C1=CCCCC1=O.[I-]. The van der Waals surface area contributed by atoms with E-state index in [2.05, 4.69) is 6.08 Å². The lowest BCUT2D eigenvalue weighted by atomic mass is 10.0. The zero-order valence-corrected chi connectivity index (χ0v) is 10.1. The molecule has 0 saturated carbocycles. The molecule has 0 fully saturated rings. The van der Waals surface area contributed by atoms with E-state index in [9.17, 15) is 4.79 Å². The number of hydrogen-bond acceptors (Lipinski definition) is 1. The molecule has 0 aromatic heterocycles. The van der Waals surface area contributed by atoms with Gasteiger partial charge in [-0.1, -0.05) is 0 Å². The molecular formula is C9H16INO. The molecule has 12 heavy (non-hydrogen) atoms. The summed E-state index contributed by atoms with van der Waals surface area (Å²) in [5.74, 6) is 0.323. The van der Waals surface area contributed by atoms with Crippen LogP contribution in [0.15, 0.2) is 11.8 Å². The molecule has 0 radical (unpaired) electrons. The molecule has 1 aliphatic rings. The van der Waals surface area contributed by atoms with Gasteiger partial charge >= 0.3 is 0 Å². The largest absolute Gasteiger partial charge is 1.00 e. The van der Waals surface area contributed by atoms with Gasteiger partial charge in [0, 0.05) is 6.42 Å². The number of ketones is 1. The summed E-state index contributed by atoms with van der Waals surface area (Å²) in [5.41, 5.74) is 0.969. The van der Waals surface area contributed by atoms with Crippen molar-refractivity contribution in [2.45, 2.75) is 19.3 Å². The number of halogens is 1. The smallest absolute Gasteiger partial charge is 0.215 e. The lowest BCUT2D eigenvalue weighted by Crippen LogP contribution is -3.00. The summed E-state index contributed by atoms with van der Waals surface area (Å²) in [4.78, 5) is 11.4. The average molecular weight is 281 g/mol. The molecule has 0 bridgehead atoms. The number of hydrogen-bond donors (Lipinski definition) is 0. The highest BCUT2D eigenvalue weighted by Crippen LogP contribution is 2.19. The molecule has 1 rings (SSSR count). The van der Waals surface area contributed by atoms with Crippen LogP contribution in [-0.2, 0) is 4.79 Å². The summed E-state index contributed by atoms with van der Waals surface area (Å²) in [6, 6.07) is 0. The van der Waals surface area contributed by atoms with E-state index in [1.165, 1.54) is 0 Å². The van der Waals surface area contributed by atoms with Crippen LogP contribution < -0.4 is 24.0 Å². The van der Waals surface area contributed by atoms with Crippen LogP contribution in [0.1, 0.15) is 19.3 Å². The third kappa shape index (κ3) is 2.86. The third-order valence-corrected chi connectivity index (χ3v) is 1.95. The highest BCUT2D eigenvalue weighted by atomic mass is 127. The molecule has 0 atom stereocenters. The van der Waals surface area contributed by atoms with Crippen molar-refractivity contribution in [3.05, 3.63) is 11.8 Å². The first-order valence-corrected chi connectivity index (χ1v) is 4.07. The van der Waals surface area contributed by atoms with Gasteiger partial charge in [0.2, 0.25) is 5.78 Å². The van der Waals surface area contributed by atoms with Crippen molar-refractivity contribution in [3.63, 3.8) is 0 Å². The molecule has 0 unspecified atom stereocenters. The molecule has 70 valence electrons. The Morgan fingerprint density at radius 2 is 1.92 bits per heavy atom. The van der Waals surface area contributed by atoms with E-state index in [4.69, 9.17) is 0 Å². The van der Waals surface area contributed by atoms with E-state index in [-0.39, 0.29) is 24.0 Å². The Balaban J connectivity index is 0.00000121. The van der Waals surface area contributed by atoms with E-state index in [1.807, 2.05) is 21.1 Å². The lowest BCUT2D eigenvalue weighted by molar-refractivity contribution is -0.826. The fourth-order valence-electron chi connectivity index (χ4n) is 1.39. The van der Waals surface area contributed by atoms with Gasteiger partial charge in [0.1, 0.15) is 0 Å². The van der Waals surface area contributed by atoms with Gasteiger partial charge in [-0.2, -0.15) is 0 Å². The zero-order valence-electron chi connectivity index (χ0n) is 7.93. The predicted octanol–water partition coefficient (Wildman–Crippen LogP) is -1.67. The summed E-state index contributed by atoms with van der Waals surface area (Å²) >= 11 is 0. The second-order valence-corrected chi connectivity index (χ2v) is 3.92. The minimum Gasteiger partial charge on any atom is -1.00 e. The van der Waals surface area contributed by atoms with E-state index < -0.39 is 0 Å². The number of carbonyl (C=O) groups excluding carboxylic acids is 1. The minimum absolute atomic E-state index is 0. The van der Waals surface area contributed by atoms with E-state index in [0.717, 1.165) is 25.0 Å². The van der Waals surface area contributed by atoms with Gasteiger partial charge in [-0.25, -0.2) is 0 Å². The molecule has 0 heterocycles. The Kier molecular flexibility index (Phi) is 4.40. The number of rotatable bonds is 1. The summed E-state index contributed by atoms with van der Waals surface area (Å²) in [6.45, 7) is 0. The number of nitrogens with zero attached hydrogens (tertiary/aromatic N) is 1. The van der Waals surface area contributed by atoms with E-state index in [1.54, 1.807) is 0 Å². The summed E-state index contributed by atoms with van der Waals surface area (Å²) in [7, 11) is 6.11. The fraction of sp³-hybridized carbons (Fsp3) is 0.667. The van der Waals surface area contributed by atoms with Crippen LogP contribution in [0, 0.1) is 0 Å². The van der Waals surface area contributed by atoms with Crippen molar-refractivity contribution in [2.24, 2.45) is 0 Å². The van der Waals surface area contributed by atoms with Crippen molar-refractivity contribution in [3.8, 4) is 0 Å². The maximum absolute atomic E-state index is 11.4. The van der Waals surface area contributed by atoms with Gasteiger partial charge in [-0.15, -0.1) is 0 Å². The van der Waals surface area contributed by atoms with Gasteiger partial charge in [0.25, 0.3) is 0 Å². The lowest BCUT2D eigenvalue weighted by Gasteiger charge is -2.27. The molecule has 1 aliphatic carbocycles. The Bertz CT molecular complexity index is 203. The normalized spacial score (nSPS) is 18.2. The van der Waals surface area contributed by atoms with Gasteiger partial charge < -0.3 is 24.0 Å². The van der Waals surface area contributed by atoms with Gasteiger partial charge in [0.15, 0.2) is 5.70 Å². The van der Waals surface area contributed by atoms with Crippen LogP contribution in [0.5, 0.6) is 0 Å². The minimum atomic E-state index is 0. The molecule has 0 aromatic rings. The van der Waals surface area contributed by atoms with Crippen molar-refractivity contribution in [1.82, 2.24) is 0 Å². The second kappa shape index (κ2) is 4.37. The van der Waals surface area contributed by atoms with Crippen LogP contribution in [-0.4, -0.2) is 31.4 Å². The van der Waals surface area contributed by atoms with Crippen molar-refractivity contribution < 1.29 is 33.3 Å². The first-order valence-electron chi connectivity index (χ1n) is 4.07. The van der Waals surface area contributed by atoms with Crippen LogP contribution in [0.2, 0.25) is 0 Å². The van der Waals surface area contributed by atoms with Crippen LogP contribution >= 0.6 is 0 Å². The molecule has 0 aliphatic heterocycles. The number of allylic oxidation sites excluding steroid dienone is 2. The summed E-state index contributed by atoms with van der Waals surface area (Å²) in [5, 5.41) is 0. The maximum Gasteiger partial charge on any atom is 0.215 e. The Morgan fingerprint density at radius 3 is 2.25 bits per heavy atom. The van der Waals surface area contributed by atoms with Gasteiger partial charge in [-0.3, -0.25) is 9.28 Å². The first-order chi connectivity index (χ1) is 5.02. The Morgan fingerprint density at radius 1 is 1.33 bits per heavy atom. The number of likely N-dealkylation sites (N-methyl/N-ethyl adjacent to an activating group) is 1.